The third-order valence-corrected chi connectivity index (χ3v) is 4.91. The Bertz CT molecular complexity index is 800. The highest BCUT2D eigenvalue weighted by Crippen LogP contribution is 2.11. The lowest BCUT2D eigenvalue weighted by Gasteiger charge is -2.08. The molecule has 0 bridgehead atoms. The number of nitrogens with one attached hydrogen (secondary N) is 2. The van der Waals surface area contributed by atoms with Crippen LogP contribution in [0.3, 0.4) is 0 Å². The number of amides is 1. The van der Waals surface area contributed by atoms with E-state index in [0.29, 0.717) is 17.9 Å². The molecule has 2 aromatic rings. The maximum Gasteiger partial charge on any atom is 0.258 e. The number of carbonyl (C=O) groups excluding carboxylic acids is 1. The number of carbonyl (C=O) groups is 1. The number of rotatable bonds is 8. The quantitative estimate of drug-likeness (QED) is 0.749. The van der Waals surface area contributed by atoms with Crippen LogP contribution in [-0.4, -0.2) is 28.0 Å². The topological polar surface area (TPSA) is 84.5 Å². The number of benzene rings is 2. The minimum absolute atomic E-state index is 0.0540. The van der Waals surface area contributed by atoms with Gasteiger partial charge in [-0.3, -0.25) is 4.79 Å². The molecule has 0 saturated heterocycles. The van der Waals surface area contributed by atoms with Gasteiger partial charge in [-0.05, 0) is 37.2 Å². The second kappa shape index (κ2) is 8.64. The number of sulfonamides is 1. The van der Waals surface area contributed by atoms with Gasteiger partial charge in [0.15, 0.2) is 6.61 Å². The first-order valence-electron chi connectivity index (χ1n) is 7.83. The number of ether oxygens (including phenoxy) is 1. The van der Waals surface area contributed by atoms with Crippen molar-refractivity contribution in [3.8, 4) is 5.75 Å². The maximum atomic E-state index is 11.8. The summed E-state index contributed by atoms with van der Waals surface area (Å²) < 4.78 is 30.7. The molecular weight excluding hydrogens is 340 g/mol. The van der Waals surface area contributed by atoms with E-state index in [1.807, 2.05) is 31.2 Å². The Balaban J connectivity index is 1.78. The van der Waals surface area contributed by atoms with Gasteiger partial charge in [-0.1, -0.05) is 42.0 Å². The molecule has 0 heterocycles. The third kappa shape index (κ3) is 6.56. The standard InChI is InChI=1S/C18H22N2O4S/c1-14-3-9-17(10-4-14)24-12-18(21)20-11-15-5-7-16(8-6-15)13-25(22,23)19-2/h3-10,19H,11-13H2,1-2H3,(H,20,21). The fraction of sp³-hybridized carbons (Fsp3) is 0.278. The Labute approximate surface area is 148 Å². The Morgan fingerprint density at radius 2 is 1.60 bits per heavy atom. The molecule has 0 aliphatic heterocycles. The molecular formula is C18H22N2O4S. The minimum atomic E-state index is -3.28. The van der Waals surface area contributed by atoms with Crippen LogP contribution in [0.4, 0.5) is 0 Å². The molecule has 134 valence electrons. The van der Waals surface area contributed by atoms with Crippen molar-refractivity contribution in [2.45, 2.75) is 19.2 Å². The largest absolute Gasteiger partial charge is 0.484 e. The van der Waals surface area contributed by atoms with Crippen LogP contribution in [0.1, 0.15) is 16.7 Å². The van der Waals surface area contributed by atoms with Crippen molar-refractivity contribution in [3.05, 3.63) is 65.2 Å². The van der Waals surface area contributed by atoms with E-state index in [4.69, 9.17) is 4.74 Å². The summed E-state index contributed by atoms with van der Waals surface area (Å²) in [6.45, 7) is 2.28. The van der Waals surface area contributed by atoms with Crippen LogP contribution < -0.4 is 14.8 Å². The molecule has 2 N–H and O–H groups in total. The molecule has 0 saturated carbocycles. The first-order chi connectivity index (χ1) is 11.9. The van der Waals surface area contributed by atoms with Gasteiger partial charge in [-0.25, -0.2) is 13.1 Å². The average Bonchev–Trinajstić information content (AvgIpc) is 2.60. The predicted molar refractivity (Wildman–Crippen MR) is 96.6 cm³/mol. The number of aryl methyl sites for hydroxylation is 1. The summed E-state index contributed by atoms with van der Waals surface area (Å²) in [4.78, 5) is 11.8. The summed E-state index contributed by atoms with van der Waals surface area (Å²) in [5.74, 6) is 0.360. The Morgan fingerprint density at radius 3 is 2.20 bits per heavy atom. The zero-order valence-electron chi connectivity index (χ0n) is 14.3. The van der Waals surface area contributed by atoms with Crippen LogP contribution in [0.5, 0.6) is 5.75 Å². The minimum Gasteiger partial charge on any atom is -0.484 e. The van der Waals surface area contributed by atoms with E-state index in [1.165, 1.54) is 7.05 Å². The van der Waals surface area contributed by atoms with Crippen molar-refractivity contribution in [2.75, 3.05) is 13.7 Å². The van der Waals surface area contributed by atoms with Crippen LogP contribution in [0, 0.1) is 6.92 Å². The Morgan fingerprint density at radius 1 is 1.00 bits per heavy atom. The predicted octanol–water partition coefficient (Wildman–Crippen LogP) is 1.74. The fourth-order valence-electron chi connectivity index (χ4n) is 2.08. The molecule has 1 amide bonds. The number of hydrogen-bond donors (Lipinski definition) is 2. The smallest absolute Gasteiger partial charge is 0.258 e. The second-order valence-electron chi connectivity index (χ2n) is 5.66. The molecule has 0 atom stereocenters. The molecule has 2 rings (SSSR count). The van der Waals surface area contributed by atoms with Crippen LogP contribution in [0.15, 0.2) is 48.5 Å². The molecule has 2 aromatic carbocycles. The van der Waals surface area contributed by atoms with Gasteiger partial charge in [0, 0.05) is 6.54 Å². The summed E-state index contributed by atoms with van der Waals surface area (Å²) in [7, 11) is -1.90. The zero-order valence-corrected chi connectivity index (χ0v) is 15.1. The lowest BCUT2D eigenvalue weighted by molar-refractivity contribution is -0.123. The van der Waals surface area contributed by atoms with Gasteiger partial charge >= 0.3 is 0 Å². The summed E-state index contributed by atoms with van der Waals surface area (Å²) in [6, 6.07) is 14.5. The lowest BCUT2D eigenvalue weighted by atomic mass is 10.1. The van der Waals surface area contributed by atoms with Crippen LogP contribution in [0.25, 0.3) is 0 Å². The van der Waals surface area contributed by atoms with E-state index >= 15 is 0 Å². The average molecular weight is 362 g/mol. The summed E-state index contributed by atoms with van der Waals surface area (Å²) in [5, 5.41) is 2.76. The van der Waals surface area contributed by atoms with Gasteiger partial charge in [0.25, 0.3) is 5.91 Å². The summed E-state index contributed by atoms with van der Waals surface area (Å²) >= 11 is 0. The maximum absolute atomic E-state index is 11.8. The molecule has 0 aliphatic rings. The zero-order chi connectivity index (χ0) is 18.3. The molecule has 0 aromatic heterocycles. The van der Waals surface area contributed by atoms with E-state index in [9.17, 15) is 13.2 Å². The van der Waals surface area contributed by atoms with Gasteiger partial charge in [0.2, 0.25) is 10.0 Å². The molecule has 0 unspecified atom stereocenters. The molecule has 0 spiro atoms. The van der Waals surface area contributed by atoms with Gasteiger partial charge < -0.3 is 10.1 Å². The van der Waals surface area contributed by atoms with E-state index in [1.54, 1.807) is 24.3 Å². The molecule has 0 radical (unpaired) electrons. The summed E-state index contributed by atoms with van der Waals surface area (Å²) in [6.07, 6.45) is 0. The van der Waals surface area contributed by atoms with Gasteiger partial charge in [-0.2, -0.15) is 0 Å². The highest BCUT2D eigenvalue weighted by Gasteiger charge is 2.08. The molecule has 7 heteroatoms. The number of hydrogen-bond acceptors (Lipinski definition) is 4. The molecule has 6 nitrogen and oxygen atoms in total. The highest BCUT2D eigenvalue weighted by atomic mass is 32.2. The van der Waals surface area contributed by atoms with Crippen molar-refractivity contribution >= 4 is 15.9 Å². The lowest BCUT2D eigenvalue weighted by Crippen LogP contribution is -2.28. The van der Waals surface area contributed by atoms with E-state index in [2.05, 4.69) is 10.0 Å². The summed E-state index contributed by atoms with van der Waals surface area (Å²) in [5.41, 5.74) is 2.70. The SMILES string of the molecule is CNS(=O)(=O)Cc1ccc(CNC(=O)COc2ccc(C)cc2)cc1. The van der Waals surface area contributed by atoms with Crippen molar-refractivity contribution < 1.29 is 17.9 Å². The van der Waals surface area contributed by atoms with Gasteiger partial charge in [-0.15, -0.1) is 0 Å². The Hall–Kier alpha value is -2.38. The van der Waals surface area contributed by atoms with Crippen LogP contribution in [0.2, 0.25) is 0 Å². The van der Waals surface area contributed by atoms with Crippen molar-refractivity contribution in [3.63, 3.8) is 0 Å². The highest BCUT2D eigenvalue weighted by molar-refractivity contribution is 7.88. The first-order valence-corrected chi connectivity index (χ1v) is 9.48. The van der Waals surface area contributed by atoms with Crippen molar-refractivity contribution in [1.82, 2.24) is 10.0 Å². The van der Waals surface area contributed by atoms with Crippen molar-refractivity contribution in [1.29, 1.82) is 0 Å². The molecule has 25 heavy (non-hydrogen) atoms. The first kappa shape index (κ1) is 19.0. The van der Waals surface area contributed by atoms with Gasteiger partial charge in [0.05, 0.1) is 5.75 Å². The monoisotopic (exact) mass is 362 g/mol. The second-order valence-corrected chi connectivity index (χ2v) is 7.58. The van der Waals surface area contributed by atoms with Gasteiger partial charge in [0.1, 0.15) is 5.75 Å². The van der Waals surface area contributed by atoms with E-state index < -0.39 is 10.0 Å². The van der Waals surface area contributed by atoms with Crippen LogP contribution >= 0.6 is 0 Å². The van der Waals surface area contributed by atoms with Crippen LogP contribution in [-0.2, 0) is 27.1 Å². The van der Waals surface area contributed by atoms with E-state index in [0.717, 1.165) is 11.1 Å². The third-order valence-electron chi connectivity index (χ3n) is 3.57. The van der Waals surface area contributed by atoms with E-state index in [-0.39, 0.29) is 18.3 Å². The van der Waals surface area contributed by atoms with Crippen molar-refractivity contribution in [2.24, 2.45) is 0 Å². The normalized spacial score (nSPS) is 11.1. The molecule has 0 aliphatic carbocycles. The molecule has 0 fully saturated rings. The fourth-order valence-corrected chi connectivity index (χ4v) is 2.86. The Kier molecular flexibility index (Phi) is 6.55.